The maximum Gasteiger partial charge on any atom is 0.273 e. The molecule has 0 bridgehead atoms. The Hall–Kier alpha value is -1.66. The van der Waals surface area contributed by atoms with Crippen LogP contribution in [0.15, 0.2) is 24.3 Å². The predicted molar refractivity (Wildman–Crippen MR) is 75.1 cm³/mol. The molecular weight excluding hydrogens is 260 g/mol. The molecule has 110 valence electrons. The van der Waals surface area contributed by atoms with Gasteiger partial charge in [-0.25, -0.2) is 0 Å². The number of non-ortho nitro benzene ring substituents is 1. The molecule has 20 heavy (non-hydrogen) atoms. The lowest BCUT2D eigenvalue weighted by Gasteiger charge is -2.26. The zero-order valence-electron chi connectivity index (χ0n) is 11.5. The molecule has 0 atom stereocenters. The van der Waals surface area contributed by atoms with Gasteiger partial charge < -0.3 is 9.47 Å². The van der Waals surface area contributed by atoms with Gasteiger partial charge in [0.15, 0.2) is 0 Å². The molecule has 1 aromatic carbocycles. The summed E-state index contributed by atoms with van der Waals surface area (Å²) in [5, 5.41) is 10.6. The smallest absolute Gasteiger partial charge is 0.273 e. The second-order valence-electron chi connectivity index (χ2n) is 4.76. The SMILES string of the molecule is O=[N+]([O-])c1cccc(OCCCCN2CCOCC2)c1. The molecule has 0 aromatic heterocycles. The molecule has 6 heteroatoms. The third-order valence-electron chi connectivity index (χ3n) is 3.27. The van der Waals surface area contributed by atoms with Crippen LogP contribution in [-0.2, 0) is 4.74 Å². The van der Waals surface area contributed by atoms with E-state index in [-0.39, 0.29) is 5.69 Å². The molecule has 0 N–H and O–H groups in total. The topological polar surface area (TPSA) is 64.8 Å². The number of rotatable bonds is 7. The van der Waals surface area contributed by atoms with Crippen LogP contribution in [0.25, 0.3) is 0 Å². The number of hydrogen-bond acceptors (Lipinski definition) is 5. The zero-order valence-corrected chi connectivity index (χ0v) is 11.5. The minimum atomic E-state index is -0.411. The second-order valence-corrected chi connectivity index (χ2v) is 4.76. The first kappa shape index (κ1) is 14.7. The number of morpholine rings is 1. The van der Waals surface area contributed by atoms with Crippen molar-refractivity contribution in [3.05, 3.63) is 34.4 Å². The lowest BCUT2D eigenvalue weighted by atomic mass is 10.3. The lowest BCUT2D eigenvalue weighted by molar-refractivity contribution is -0.384. The van der Waals surface area contributed by atoms with E-state index in [0.29, 0.717) is 12.4 Å². The highest BCUT2D eigenvalue weighted by Gasteiger charge is 2.09. The molecule has 2 rings (SSSR count). The summed E-state index contributed by atoms with van der Waals surface area (Å²) in [5.74, 6) is 0.561. The molecule has 0 aliphatic carbocycles. The Morgan fingerprint density at radius 1 is 1.30 bits per heavy atom. The highest BCUT2D eigenvalue weighted by Crippen LogP contribution is 2.19. The Morgan fingerprint density at radius 2 is 2.10 bits per heavy atom. The monoisotopic (exact) mass is 280 g/mol. The summed E-state index contributed by atoms with van der Waals surface area (Å²) >= 11 is 0. The van der Waals surface area contributed by atoms with Gasteiger partial charge in [-0.3, -0.25) is 15.0 Å². The largest absolute Gasteiger partial charge is 0.493 e. The molecule has 0 radical (unpaired) electrons. The third kappa shape index (κ3) is 4.79. The lowest BCUT2D eigenvalue weighted by Crippen LogP contribution is -2.36. The predicted octanol–water partition coefficient (Wildman–Crippen LogP) is 2.09. The maximum atomic E-state index is 10.6. The van der Waals surface area contributed by atoms with Crippen molar-refractivity contribution >= 4 is 5.69 Å². The number of unbranched alkanes of at least 4 members (excludes halogenated alkanes) is 1. The Morgan fingerprint density at radius 3 is 2.85 bits per heavy atom. The second kappa shape index (κ2) is 7.81. The molecule has 6 nitrogen and oxygen atoms in total. The van der Waals surface area contributed by atoms with Gasteiger partial charge in [0.1, 0.15) is 5.75 Å². The first-order chi connectivity index (χ1) is 9.75. The van der Waals surface area contributed by atoms with Crippen LogP contribution < -0.4 is 4.74 Å². The van der Waals surface area contributed by atoms with Gasteiger partial charge in [0, 0.05) is 19.2 Å². The molecule has 1 aliphatic rings. The molecule has 1 saturated heterocycles. The van der Waals surface area contributed by atoms with Crippen LogP contribution in [0.2, 0.25) is 0 Å². The summed E-state index contributed by atoms with van der Waals surface area (Å²) in [6.07, 6.45) is 2.01. The standard InChI is InChI=1S/C14H20N2O4/c17-16(18)13-4-3-5-14(12-13)20-9-2-1-6-15-7-10-19-11-8-15/h3-5,12H,1-2,6-11H2. The molecule has 1 aliphatic heterocycles. The van der Waals surface area contributed by atoms with Gasteiger partial charge in [-0.2, -0.15) is 0 Å². The molecule has 0 saturated carbocycles. The average Bonchev–Trinajstić information content (AvgIpc) is 2.48. The summed E-state index contributed by atoms with van der Waals surface area (Å²) < 4.78 is 10.8. The highest BCUT2D eigenvalue weighted by atomic mass is 16.6. The van der Waals surface area contributed by atoms with Crippen LogP contribution in [0.4, 0.5) is 5.69 Å². The van der Waals surface area contributed by atoms with Crippen molar-refractivity contribution < 1.29 is 14.4 Å². The van der Waals surface area contributed by atoms with E-state index in [0.717, 1.165) is 45.7 Å². The van der Waals surface area contributed by atoms with E-state index in [1.807, 2.05) is 0 Å². The molecule has 1 heterocycles. The van der Waals surface area contributed by atoms with Crippen molar-refractivity contribution in [1.29, 1.82) is 0 Å². The number of nitrogens with zero attached hydrogens (tertiary/aromatic N) is 2. The van der Waals surface area contributed by atoms with Gasteiger partial charge in [-0.15, -0.1) is 0 Å². The van der Waals surface area contributed by atoms with Crippen molar-refractivity contribution in [1.82, 2.24) is 4.90 Å². The number of benzene rings is 1. The quantitative estimate of drug-likeness (QED) is 0.434. The summed E-state index contributed by atoms with van der Waals surface area (Å²) in [7, 11) is 0. The first-order valence-corrected chi connectivity index (χ1v) is 6.93. The van der Waals surface area contributed by atoms with Gasteiger partial charge in [0.2, 0.25) is 0 Å². The molecule has 0 unspecified atom stereocenters. The van der Waals surface area contributed by atoms with E-state index in [2.05, 4.69) is 4.90 Å². The van der Waals surface area contributed by atoms with Gasteiger partial charge in [0.25, 0.3) is 5.69 Å². The van der Waals surface area contributed by atoms with E-state index >= 15 is 0 Å². The van der Waals surface area contributed by atoms with Crippen LogP contribution in [0.1, 0.15) is 12.8 Å². The fraction of sp³-hybridized carbons (Fsp3) is 0.571. The van der Waals surface area contributed by atoms with Gasteiger partial charge >= 0.3 is 0 Å². The fourth-order valence-corrected chi connectivity index (χ4v) is 2.14. The van der Waals surface area contributed by atoms with Crippen molar-refractivity contribution in [3.63, 3.8) is 0 Å². The molecular formula is C14H20N2O4. The van der Waals surface area contributed by atoms with E-state index in [4.69, 9.17) is 9.47 Å². The third-order valence-corrected chi connectivity index (χ3v) is 3.27. The Balaban J connectivity index is 1.63. The summed E-state index contributed by atoms with van der Waals surface area (Å²) in [6, 6.07) is 6.31. The molecule has 1 fully saturated rings. The Labute approximate surface area is 118 Å². The Bertz CT molecular complexity index is 433. The van der Waals surface area contributed by atoms with Crippen molar-refractivity contribution in [2.45, 2.75) is 12.8 Å². The summed E-state index contributed by atoms with van der Waals surface area (Å²) in [4.78, 5) is 12.6. The first-order valence-electron chi connectivity index (χ1n) is 6.93. The van der Waals surface area contributed by atoms with Gasteiger partial charge in [0.05, 0.1) is 30.8 Å². The minimum Gasteiger partial charge on any atom is -0.493 e. The van der Waals surface area contributed by atoms with Gasteiger partial charge in [-0.05, 0) is 25.5 Å². The van der Waals surface area contributed by atoms with Crippen molar-refractivity contribution in [3.8, 4) is 5.75 Å². The number of nitro groups is 1. The van der Waals surface area contributed by atoms with E-state index in [9.17, 15) is 10.1 Å². The minimum absolute atomic E-state index is 0.0656. The number of hydrogen-bond donors (Lipinski definition) is 0. The van der Waals surface area contributed by atoms with Gasteiger partial charge in [-0.1, -0.05) is 6.07 Å². The van der Waals surface area contributed by atoms with Crippen molar-refractivity contribution in [2.24, 2.45) is 0 Å². The highest BCUT2D eigenvalue weighted by molar-refractivity contribution is 5.37. The zero-order chi connectivity index (χ0) is 14.2. The fourth-order valence-electron chi connectivity index (χ4n) is 2.14. The Kier molecular flexibility index (Phi) is 5.76. The van der Waals surface area contributed by atoms with Crippen LogP contribution in [0.5, 0.6) is 5.75 Å². The number of nitro benzene ring substituents is 1. The van der Waals surface area contributed by atoms with Crippen LogP contribution in [0.3, 0.4) is 0 Å². The summed E-state index contributed by atoms with van der Waals surface area (Å²) in [6.45, 7) is 5.30. The van der Waals surface area contributed by atoms with E-state index < -0.39 is 4.92 Å². The van der Waals surface area contributed by atoms with Crippen LogP contribution in [0, 0.1) is 10.1 Å². The normalized spacial score (nSPS) is 16.0. The van der Waals surface area contributed by atoms with E-state index in [1.54, 1.807) is 12.1 Å². The van der Waals surface area contributed by atoms with E-state index in [1.165, 1.54) is 12.1 Å². The maximum absolute atomic E-state index is 10.6. The van der Waals surface area contributed by atoms with Crippen LogP contribution >= 0.6 is 0 Å². The van der Waals surface area contributed by atoms with Crippen LogP contribution in [-0.4, -0.2) is 49.3 Å². The molecule has 1 aromatic rings. The average molecular weight is 280 g/mol. The van der Waals surface area contributed by atoms with Crippen molar-refractivity contribution in [2.75, 3.05) is 39.5 Å². The summed E-state index contributed by atoms with van der Waals surface area (Å²) in [5.41, 5.74) is 0.0656. The number of ether oxygens (including phenoxy) is 2. The molecule has 0 amide bonds. The molecule has 0 spiro atoms.